The highest BCUT2D eigenvalue weighted by atomic mass is 16.1. The van der Waals surface area contributed by atoms with Crippen LogP contribution in [0.15, 0.2) is 48.8 Å². The topological polar surface area (TPSA) is 45.8 Å². The maximum atomic E-state index is 12.5. The molecule has 0 fully saturated rings. The molecule has 0 unspecified atom stereocenters. The second-order valence-corrected chi connectivity index (χ2v) is 4.25. The number of nitrogens with zero attached hydrogens (tertiary/aromatic N) is 1. The Bertz CT molecular complexity index is 728. The Kier molecular flexibility index (Phi) is 2.45. The van der Waals surface area contributed by atoms with E-state index in [0.29, 0.717) is 5.56 Å². The molecule has 0 amide bonds. The van der Waals surface area contributed by atoms with Crippen LogP contribution in [0.4, 0.5) is 0 Å². The zero-order valence-corrected chi connectivity index (χ0v) is 9.97. The lowest BCUT2D eigenvalue weighted by atomic mass is 9.99. The number of ketones is 1. The number of hydrogen-bond acceptors (Lipinski definition) is 2. The third kappa shape index (κ3) is 1.61. The van der Waals surface area contributed by atoms with E-state index in [1.54, 1.807) is 12.4 Å². The van der Waals surface area contributed by atoms with E-state index in [0.717, 1.165) is 22.2 Å². The van der Waals surface area contributed by atoms with Gasteiger partial charge in [0.15, 0.2) is 5.78 Å². The van der Waals surface area contributed by atoms with Gasteiger partial charge in [0.25, 0.3) is 0 Å². The number of H-pyrrole nitrogens is 1. The highest BCUT2D eigenvalue weighted by molar-refractivity contribution is 6.16. The first kappa shape index (κ1) is 10.7. The maximum absolute atomic E-state index is 12.5. The third-order valence-electron chi connectivity index (χ3n) is 3.09. The summed E-state index contributed by atoms with van der Waals surface area (Å²) in [4.78, 5) is 19.7. The molecule has 2 heterocycles. The second kappa shape index (κ2) is 4.11. The molecule has 0 aliphatic rings. The molecule has 0 radical (unpaired) electrons. The fourth-order valence-electron chi connectivity index (χ4n) is 2.12. The van der Waals surface area contributed by atoms with Crippen molar-refractivity contribution in [2.24, 2.45) is 0 Å². The van der Waals surface area contributed by atoms with Crippen molar-refractivity contribution in [3.05, 3.63) is 65.5 Å². The van der Waals surface area contributed by atoms with E-state index in [1.165, 1.54) is 0 Å². The number of fused-ring (bicyclic) bond motifs is 1. The van der Waals surface area contributed by atoms with Crippen LogP contribution < -0.4 is 0 Å². The zero-order valence-electron chi connectivity index (χ0n) is 9.97. The Labute approximate surface area is 104 Å². The van der Waals surface area contributed by atoms with Gasteiger partial charge in [-0.3, -0.25) is 4.79 Å². The molecule has 3 heteroatoms. The summed E-state index contributed by atoms with van der Waals surface area (Å²) < 4.78 is 0. The monoisotopic (exact) mass is 236 g/mol. The lowest BCUT2D eigenvalue weighted by molar-refractivity contribution is 0.104. The molecule has 0 atom stereocenters. The molecule has 1 N–H and O–H groups in total. The van der Waals surface area contributed by atoms with Gasteiger partial charge >= 0.3 is 0 Å². The standard InChI is InChI=1S/C15H12N2O/c1-10-5-2-3-6-11(10)14(18)13-9-17-15-12(13)7-4-8-16-15/h2-9H,1H3,(H,16,17). The molecular weight excluding hydrogens is 224 g/mol. The Hall–Kier alpha value is -2.42. The number of aromatic nitrogens is 2. The molecule has 3 nitrogen and oxygen atoms in total. The summed E-state index contributed by atoms with van der Waals surface area (Å²) in [6, 6.07) is 11.4. The van der Waals surface area contributed by atoms with Gasteiger partial charge in [0.05, 0.1) is 0 Å². The number of pyridine rings is 1. The average Bonchev–Trinajstić information content (AvgIpc) is 2.82. The fourth-order valence-corrected chi connectivity index (χ4v) is 2.12. The molecule has 0 bridgehead atoms. The van der Waals surface area contributed by atoms with E-state index in [2.05, 4.69) is 9.97 Å². The summed E-state index contributed by atoms with van der Waals surface area (Å²) in [5.74, 6) is 0.0346. The summed E-state index contributed by atoms with van der Waals surface area (Å²) in [7, 11) is 0. The number of hydrogen-bond donors (Lipinski definition) is 1. The highest BCUT2D eigenvalue weighted by Crippen LogP contribution is 2.20. The van der Waals surface area contributed by atoms with Crippen molar-refractivity contribution in [3.63, 3.8) is 0 Å². The smallest absolute Gasteiger partial charge is 0.195 e. The van der Waals surface area contributed by atoms with Gasteiger partial charge in [0, 0.05) is 28.9 Å². The number of rotatable bonds is 2. The van der Waals surface area contributed by atoms with Crippen LogP contribution in [-0.2, 0) is 0 Å². The normalized spacial score (nSPS) is 10.7. The molecule has 18 heavy (non-hydrogen) atoms. The summed E-state index contributed by atoms with van der Waals surface area (Å²) in [5, 5.41) is 0.866. The van der Waals surface area contributed by atoms with Gasteiger partial charge in [-0.2, -0.15) is 0 Å². The predicted octanol–water partition coefficient (Wildman–Crippen LogP) is 3.10. The molecule has 88 valence electrons. The van der Waals surface area contributed by atoms with E-state index < -0.39 is 0 Å². The molecule has 0 spiro atoms. The minimum absolute atomic E-state index is 0.0346. The Morgan fingerprint density at radius 1 is 1.11 bits per heavy atom. The van der Waals surface area contributed by atoms with Crippen LogP contribution >= 0.6 is 0 Å². The van der Waals surface area contributed by atoms with Gasteiger partial charge in [-0.15, -0.1) is 0 Å². The first-order valence-corrected chi connectivity index (χ1v) is 5.80. The van der Waals surface area contributed by atoms with Crippen molar-refractivity contribution in [2.45, 2.75) is 6.92 Å². The lowest BCUT2D eigenvalue weighted by Crippen LogP contribution is -2.02. The molecule has 0 saturated heterocycles. The van der Waals surface area contributed by atoms with Gasteiger partial charge in [-0.05, 0) is 24.6 Å². The number of carbonyl (C=O) groups is 1. The Morgan fingerprint density at radius 2 is 1.94 bits per heavy atom. The van der Waals surface area contributed by atoms with Crippen LogP contribution in [0.1, 0.15) is 21.5 Å². The molecule has 3 aromatic rings. The second-order valence-electron chi connectivity index (χ2n) is 4.25. The quantitative estimate of drug-likeness (QED) is 0.695. The molecule has 2 aromatic heterocycles. The van der Waals surface area contributed by atoms with E-state index in [9.17, 15) is 4.79 Å². The van der Waals surface area contributed by atoms with Crippen LogP contribution in [0.2, 0.25) is 0 Å². The molecule has 0 aliphatic heterocycles. The number of carbonyl (C=O) groups excluding carboxylic acids is 1. The minimum Gasteiger partial charge on any atom is -0.345 e. The number of benzene rings is 1. The number of nitrogens with one attached hydrogen (secondary N) is 1. The van der Waals surface area contributed by atoms with Crippen LogP contribution in [0, 0.1) is 6.92 Å². The Balaban J connectivity index is 2.16. The van der Waals surface area contributed by atoms with E-state index in [4.69, 9.17) is 0 Å². The average molecular weight is 236 g/mol. The fraction of sp³-hybridized carbons (Fsp3) is 0.0667. The van der Waals surface area contributed by atoms with E-state index >= 15 is 0 Å². The van der Waals surface area contributed by atoms with E-state index in [1.807, 2.05) is 43.3 Å². The molecule has 0 saturated carbocycles. The van der Waals surface area contributed by atoms with Crippen molar-refractivity contribution in [1.29, 1.82) is 0 Å². The van der Waals surface area contributed by atoms with Crippen molar-refractivity contribution in [2.75, 3.05) is 0 Å². The Morgan fingerprint density at radius 3 is 2.78 bits per heavy atom. The van der Waals surface area contributed by atoms with Crippen molar-refractivity contribution < 1.29 is 4.79 Å². The summed E-state index contributed by atoms with van der Waals surface area (Å²) >= 11 is 0. The van der Waals surface area contributed by atoms with Crippen LogP contribution in [0.5, 0.6) is 0 Å². The van der Waals surface area contributed by atoms with Gasteiger partial charge in [0.2, 0.25) is 0 Å². The summed E-state index contributed by atoms with van der Waals surface area (Å²) in [6.45, 7) is 1.94. The SMILES string of the molecule is Cc1ccccc1C(=O)c1c[nH]c2ncccc12. The maximum Gasteiger partial charge on any atom is 0.195 e. The summed E-state index contributed by atoms with van der Waals surface area (Å²) in [5.41, 5.74) is 3.14. The van der Waals surface area contributed by atoms with Crippen LogP contribution in [0.3, 0.4) is 0 Å². The van der Waals surface area contributed by atoms with Crippen molar-refractivity contribution in [1.82, 2.24) is 9.97 Å². The first-order valence-electron chi connectivity index (χ1n) is 5.80. The molecular formula is C15H12N2O. The molecule has 1 aromatic carbocycles. The van der Waals surface area contributed by atoms with Crippen LogP contribution in [0.25, 0.3) is 11.0 Å². The highest BCUT2D eigenvalue weighted by Gasteiger charge is 2.15. The van der Waals surface area contributed by atoms with Gasteiger partial charge in [-0.1, -0.05) is 24.3 Å². The lowest BCUT2D eigenvalue weighted by Gasteiger charge is -2.03. The zero-order chi connectivity index (χ0) is 12.5. The van der Waals surface area contributed by atoms with Gasteiger partial charge in [-0.25, -0.2) is 4.98 Å². The van der Waals surface area contributed by atoms with Crippen molar-refractivity contribution >= 4 is 16.8 Å². The van der Waals surface area contributed by atoms with Gasteiger partial charge < -0.3 is 4.98 Å². The third-order valence-corrected chi connectivity index (χ3v) is 3.09. The molecule has 3 rings (SSSR count). The first-order chi connectivity index (χ1) is 8.77. The number of aryl methyl sites for hydroxylation is 1. The number of aromatic amines is 1. The summed E-state index contributed by atoms with van der Waals surface area (Å²) in [6.07, 6.45) is 3.44. The van der Waals surface area contributed by atoms with Gasteiger partial charge in [0.1, 0.15) is 5.65 Å². The van der Waals surface area contributed by atoms with Crippen molar-refractivity contribution in [3.8, 4) is 0 Å². The predicted molar refractivity (Wildman–Crippen MR) is 70.7 cm³/mol. The van der Waals surface area contributed by atoms with E-state index in [-0.39, 0.29) is 5.78 Å². The molecule has 0 aliphatic carbocycles. The minimum atomic E-state index is 0.0346. The van der Waals surface area contributed by atoms with Crippen LogP contribution in [-0.4, -0.2) is 15.8 Å². The largest absolute Gasteiger partial charge is 0.345 e.